The highest BCUT2D eigenvalue weighted by Crippen LogP contribution is 2.33. The number of carbonyl (C=O) groups is 2. The number of benzene rings is 1. The average molecular weight is 393 g/mol. The van der Waals surface area contributed by atoms with Crippen LogP contribution in [0.15, 0.2) is 24.3 Å². The van der Waals surface area contributed by atoms with Crippen LogP contribution in [0.5, 0.6) is 0 Å². The molecule has 0 aliphatic carbocycles. The fraction of sp³-hybridized carbons (Fsp3) is 0.478. The summed E-state index contributed by atoms with van der Waals surface area (Å²) in [4.78, 5) is 37.8. The van der Waals surface area contributed by atoms with Crippen LogP contribution in [-0.4, -0.2) is 39.8 Å². The number of hydrogen-bond donors (Lipinski definition) is 0. The Kier molecular flexibility index (Phi) is 5.35. The number of nitrogens with zero attached hydrogens (tertiary/aromatic N) is 4. The van der Waals surface area contributed by atoms with E-state index < -0.39 is 0 Å². The van der Waals surface area contributed by atoms with E-state index in [1.54, 1.807) is 6.92 Å². The van der Waals surface area contributed by atoms with Gasteiger partial charge in [-0.05, 0) is 38.7 Å². The first kappa shape index (κ1) is 19.6. The molecule has 1 aromatic heterocycles. The van der Waals surface area contributed by atoms with Crippen LogP contribution >= 0.6 is 0 Å². The first-order valence-corrected chi connectivity index (χ1v) is 10.4. The summed E-state index contributed by atoms with van der Waals surface area (Å²) in [5.41, 5.74) is 4.36. The first-order chi connectivity index (χ1) is 13.9. The van der Waals surface area contributed by atoms with Gasteiger partial charge < -0.3 is 4.90 Å². The summed E-state index contributed by atoms with van der Waals surface area (Å²) < 4.78 is 0. The van der Waals surface area contributed by atoms with Crippen molar-refractivity contribution in [1.29, 1.82) is 0 Å². The zero-order valence-corrected chi connectivity index (χ0v) is 17.4. The molecule has 1 fully saturated rings. The third kappa shape index (κ3) is 4.02. The summed E-state index contributed by atoms with van der Waals surface area (Å²) in [5.74, 6) is 2.06. The lowest BCUT2D eigenvalue weighted by Crippen LogP contribution is -2.38. The van der Waals surface area contributed by atoms with Gasteiger partial charge in [-0.25, -0.2) is 9.97 Å². The molecule has 0 N–H and O–H groups in total. The van der Waals surface area contributed by atoms with Crippen LogP contribution < -0.4 is 4.90 Å². The van der Waals surface area contributed by atoms with E-state index in [9.17, 15) is 9.59 Å². The van der Waals surface area contributed by atoms with E-state index in [1.165, 1.54) is 5.56 Å². The summed E-state index contributed by atoms with van der Waals surface area (Å²) in [5, 5.41) is 0. The number of aromatic nitrogens is 2. The second-order valence-corrected chi connectivity index (χ2v) is 8.22. The van der Waals surface area contributed by atoms with Gasteiger partial charge in [0.2, 0.25) is 11.8 Å². The van der Waals surface area contributed by atoms with Crippen molar-refractivity contribution in [2.75, 3.05) is 18.0 Å². The molecule has 2 aromatic rings. The monoisotopic (exact) mass is 392 g/mol. The standard InChI is InChI=1S/C23H28N4O2/c1-15-4-6-18(7-5-15)14-27-21(29)9-8-20-16(2)24-22(25-23(20)27)19-10-12-26(13-11-19)17(3)28/h4-7,19H,8-14H2,1-3H3. The molecule has 2 amide bonds. The van der Waals surface area contributed by atoms with Gasteiger partial charge in [-0.1, -0.05) is 29.8 Å². The predicted octanol–water partition coefficient (Wildman–Crippen LogP) is 3.30. The number of hydrogen-bond acceptors (Lipinski definition) is 4. The minimum atomic E-state index is 0.119. The van der Waals surface area contributed by atoms with Crippen molar-refractivity contribution in [3.05, 3.63) is 52.5 Å². The molecular weight excluding hydrogens is 364 g/mol. The van der Waals surface area contributed by atoms with Gasteiger partial charge in [0.25, 0.3) is 0 Å². The molecule has 4 rings (SSSR count). The van der Waals surface area contributed by atoms with Gasteiger partial charge in [0.05, 0.1) is 6.54 Å². The molecular formula is C23H28N4O2. The molecule has 0 atom stereocenters. The Labute approximate surface area is 172 Å². The van der Waals surface area contributed by atoms with Gasteiger partial charge in [-0.15, -0.1) is 0 Å². The normalized spacial score (nSPS) is 17.4. The largest absolute Gasteiger partial charge is 0.343 e. The molecule has 6 heteroatoms. The van der Waals surface area contributed by atoms with Gasteiger partial charge in [0, 0.05) is 43.6 Å². The van der Waals surface area contributed by atoms with E-state index in [2.05, 4.69) is 31.2 Å². The summed E-state index contributed by atoms with van der Waals surface area (Å²) in [7, 11) is 0. The Bertz CT molecular complexity index is 931. The van der Waals surface area contributed by atoms with Crippen molar-refractivity contribution in [3.63, 3.8) is 0 Å². The van der Waals surface area contributed by atoms with Crippen LogP contribution in [-0.2, 0) is 22.6 Å². The number of amides is 2. The van der Waals surface area contributed by atoms with Crippen molar-refractivity contribution >= 4 is 17.6 Å². The van der Waals surface area contributed by atoms with Crippen LogP contribution in [0.1, 0.15) is 60.3 Å². The van der Waals surface area contributed by atoms with Crippen molar-refractivity contribution in [2.24, 2.45) is 0 Å². The summed E-state index contributed by atoms with van der Waals surface area (Å²) in [6.45, 7) is 7.72. The van der Waals surface area contributed by atoms with Gasteiger partial charge in [0.1, 0.15) is 11.6 Å². The van der Waals surface area contributed by atoms with E-state index >= 15 is 0 Å². The maximum Gasteiger partial charge on any atom is 0.228 e. The minimum absolute atomic E-state index is 0.119. The second-order valence-electron chi connectivity index (χ2n) is 8.22. The molecule has 6 nitrogen and oxygen atoms in total. The number of piperidine rings is 1. The lowest BCUT2D eigenvalue weighted by molar-refractivity contribution is -0.129. The molecule has 0 saturated carbocycles. The van der Waals surface area contributed by atoms with E-state index in [-0.39, 0.29) is 17.7 Å². The zero-order chi connectivity index (χ0) is 20.5. The van der Waals surface area contributed by atoms with Gasteiger partial charge >= 0.3 is 0 Å². The maximum absolute atomic E-state index is 12.8. The van der Waals surface area contributed by atoms with E-state index in [0.29, 0.717) is 19.4 Å². The van der Waals surface area contributed by atoms with E-state index in [1.807, 2.05) is 16.7 Å². The Balaban J connectivity index is 1.62. The summed E-state index contributed by atoms with van der Waals surface area (Å²) in [6.07, 6.45) is 2.93. The number of fused-ring (bicyclic) bond motifs is 1. The number of carbonyl (C=O) groups excluding carboxylic acids is 2. The van der Waals surface area contributed by atoms with Gasteiger partial charge in [-0.2, -0.15) is 0 Å². The molecule has 1 aromatic carbocycles. The number of aryl methyl sites for hydroxylation is 2. The van der Waals surface area contributed by atoms with Crippen molar-refractivity contribution in [3.8, 4) is 0 Å². The Morgan fingerprint density at radius 1 is 1.07 bits per heavy atom. The lowest BCUT2D eigenvalue weighted by atomic mass is 9.95. The fourth-order valence-corrected chi connectivity index (χ4v) is 4.28. The predicted molar refractivity (Wildman–Crippen MR) is 112 cm³/mol. The molecule has 0 spiro atoms. The molecule has 3 heterocycles. The smallest absolute Gasteiger partial charge is 0.228 e. The second kappa shape index (κ2) is 7.93. The van der Waals surface area contributed by atoms with Crippen LogP contribution in [0.3, 0.4) is 0 Å². The molecule has 2 aliphatic rings. The lowest BCUT2D eigenvalue weighted by Gasteiger charge is -2.33. The van der Waals surface area contributed by atoms with Gasteiger partial charge in [-0.3, -0.25) is 14.5 Å². The quantitative estimate of drug-likeness (QED) is 0.804. The van der Waals surface area contributed by atoms with Gasteiger partial charge in [0.15, 0.2) is 0 Å². The minimum Gasteiger partial charge on any atom is -0.343 e. The van der Waals surface area contributed by atoms with Crippen LogP contribution in [0, 0.1) is 13.8 Å². The van der Waals surface area contributed by atoms with E-state index in [4.69, 9.17) is 9.97 Å². The highest BCUT2D eigenvalue weighted by Gasteiger charge is 2.31. The Morgan fingerprint density at radius 3 is 2.41 bits per heavy atom. The third-order valence-corrected chi connectivity index (χ3v) is 6.12. The van der Waals surface area contributed by atoms with Crippen molar-refractivity contribution < 1.29 is 9.59 Å². The maximum atomic E-state index is 12.8. The zero-order valence-electron chi connectivity index (χ0n) is 17.4. The fourth-order valence-electron chi connectivity index (χ4n) is 4.28. The van der Waals surface area contributed by atoms with Crippen LogP contribution in [0.25, 0.3) is 0 Å². The Hall–Kier alpha value is -2.76. The van der Waals surface area contributed by atoms with Crippen LogP contribution in [0.2, 0.25) is 0 Å². The molecule has 0 radical (unpaired) electrons. The number of rotatable bonds is 3. The number of likely N-dealkylation sites (tertiary alicyclic amines) is 1. The average Bonchev–Trinajstić information content (AvgIpc) is 2.71. The topological polar surface area (TPSA) is 66.4 Å². The van der Waals surface area contributed by atoms with E-state index in [0.717, 1.165) is 54.4 Å². The third-order valence-electron chi connectivity index (χ3n) is 6.12. The SMILES string of the molecule is CC(=O)N1CCC(c2nc(C)c3c(n2)N(Cc2ccc(C)cc2)C(=O)CC3)CC1. The van der Waals surface area contributed by atoms with Crippen LogP contribution in [0.4, 0.5) is 5.82 Å². The molecule has 29 heavy (non-hydrogen) atoms. The first-order valence-electron chi connectivity index (χ1n) is 10.4. The van der Waals surface area contributed by atoms with Crippen molar-refractivity contribution in [2.45, 2.75) is 58.9 Å². The highest BCUT2D eigenvalue weighted by atomic mass is 16.2. The summed E-state index contributed by atoms with van der Waals surface area (Å²) in [6, 6.07) is 8.29. The Morgan fingerprint density at radius 2 is 1.76 bits per heavy atom. The molecule has 1 saturated heterocycles. The van der Waals surface area contributed by atoms with Crippen molar-refractivity contribution in [1.82, 2.24) is 14.9 Å². The molecule has 0 bridgehead atoms. The molecule has 0 unspecified atom stereocenters. The summed E-state index contributed by atoms with van der Waals surface area (Å²) >= 11 is 0. The number of anilines is 1. The molecule has 2 aliphatic heterocycles. The molecule has 152 valence electrons. The highest BCUT2D eigenvalue weighted by molar-refractivity contribution is 5.95.